The van der Waals surface area contributed by atoms with Crippen molar-refractivity contribution in [1.29, 1.82) is 0 Å². The second kappa shape index (κ2) is 13.3. The maximum atomic E-state index is 11.6. The zero-order chi connectivity index (χ0) is 31.7. The summed E-state index contributed by atoms with van der Waals surface area (Å²) in [6, 6.07) is 7.44. The van der Waals surface area contributed by atoms with Crippen molar-refractivity contribution in [2.24, 2.45) is 0 Å². The molecule has 0 radical (unpaired) electrons. The van der Waals surface area contributed by atoms with E-state index in [1.807, 2.05) is 38.1 Å². The van der Waals surface area contributed by atoms with Crippen molar-refractivity contribution < 1.29 is 36.9 Å². The summed E-state index contributed by atoms with van der Waals surface area (Å²) in [7, 11) is 0. The molecule has 9 heteroatoms. The molecule has 0 fully saturated rings. The minimum Gasteiger partial charge on any atom is -0.657 e. The number of carboxylic acid groups (broad SMARTS) is 2. The summed E-state index contributed by atoms with van der Waals surface area (Å²) in [5.41, 5.74) is 11.4. The van der Waals surface area contributed by atoms with Gasteiger partial charge in [0.25, 0.3) is 0 Å². The normalized spacial score (nSPS) is 12.5. The van der Waals surface area contributed by atoms with E-state index in [1.165, 1.54) is 0 Å². The Balaban J connectivity index is 0.00000461. The number of carboxylic acids is 2. The molecule has 0 aliphatic carbocycles. The van der Waals surface area contributed by atoms with Crippen LogP contribution in [0.3, 0.4) is 0 Å². The minimum absolute atomic E-state index is 0. The van der Waals surface area contributed by atoms with E-state index >= 15 is 0 Å². The van der Waals surface area contributed by atoms with Crippen molar-refractivity contribution >= 4 is 68.4 Å². The van der Waals surface area contributed by atoms with Gasteiger partial charge in [-0.1, -0.05) is 79.9 Å². The molecule has 8 bridgehead atoms. The van der Waals surface area contributed by atoms with Crippen LogP contribution < -0.4 is 9.97 Å². The van der Waals surface area contributed by atoms with Crippen LogP contribution >= 0.6 is 0 Å². The SMILES string of the molecule is C=CC1=C(C=C)c2cc3[n-]c(cc4nc(cc5[n-]c(cc1n2)c(C)c5CCC(=O)O)C(CCC(=O)O)=C4C)c(C=C)c3C=C.[Fe+2]. The van der Waals surface area contributed by atoms with Gasteiger partial charge in [0.1, 0.15) is 0 Å². The fourth-order valence-corrected chi connectivity index (χ4v) is 5.74. The van der Waals surface area contributed by atoms with Gasteiger partial charge in [0.05, 0.1) is 22.8 Å². The molecule has 2 aliphatic rings. The number of hydrogen-bond donors (Lipinski definition) is 2. The van der Waals surface area contributed by atoms with Crippen LogP contribution in [0.25, 0.3) is 56.5 Å². The summed E-state index contributed by atoms with van der Waals surface area (Å²) in [5, 5.41) is 18.9. The van der Waals surface area contributed by atoms with Crippen LogP contribution in [0.15, 0.2) is 62.7 Å². The van der Waals surface area contributed by atoms with Gasteiger partial charge >= 0.3 is 29.0 Å². The Morgan fingerprint density at radius 1 is 0.689 bits per heavy atom. The fraction of sp³-hybridized carbons (Fsp3) is 0.167. The van der Waals surface area contributed by atoms with E-state index in [1.54, 1.807) is 24.3 Å². The molecule has 2 N–H and O–H groups in total. The van der Waals surface area contributed by atoms with Gasteiger partial charge in [0.15, 0.2) is 0 Å². The van der Waals surface area contributed by atoms with Crippen molar-refractivity contribution in [1.82, 2.24) is 19.9 Å². The molecular weight excluding hydrogens is 608 g/mol. The third-order valence-corrected chi connectivity index (χ3v) is 8.03. The van der Waals surface area contributed by atoms with Crippen molar-refractivity contribution in [3.05, 3.63) is 108 Å². The number of aromatic nitrogens is 4. The van der Waals surface area contributed by atoms with Crippen molar-refractivity contribution in [3.8, 4) is 0 Å². The Labute approximate surface area is 271 Å². The summed E-state index contributed by atoms with van der Waals surface area (Å²) in [5.74, 6) is -1.83. The number of nitrogens with zero attached hydrogens (tertiary/aromatic N) is 4. The molecule has 0 unspecified atom stereocenters. The molecule has 2 aliphatic heterocycles. The Morgan fingerprint density at radius 3 is 1.69 bits per heavy atom. The number of carbonyl (C=O) groups is 2. The van der Waals surface area contributed by atoms with E-state index in [-0.39, 0.29) is 42.8 Å². The van der Waals surface area contributed by atoms with E-state index in [2.05, 4.69) is 26.3 Å². The van der Waals surface area contributed by atoms with Gasteiger partial charge in [-0.3, -0.25) is 9.59 Å². The first-order chi connectivity index (χ1) is 21.1. The Bertz CT molecular complexity index is 2020. The summed E-state index contributed by atoms with van der Waals surface area (Å²) >= 11 is 0. The molecule has 3 aromatic rings. The van der Waals surface area contributed by atoms with Crippen molar-refractivity contribution in [2.75, 3.05) is 0 Å². The standard InChI is InChI=1S/C36H34N4O4.Fe/c1-7-21-23(9-3)31-17-32-24(10-4)22(8-2)30(40-32)16-28-20(6)26(12-14-36(43)44)34(38-28)18-33-25(11-13-35(41)42)19(5)27(37-33)15-29(21)39-31;/h7-10,15-18H,1-4,11-14H2,5-6H3,(H4,37,38,39,40,41,42,43,44);/q;+2/p-2. The van der Waals surface area contributed by atoms with Crippen LogP contribution in [-0.2, 0) is 33.1 Å². The molecule has 0 amide bonds. The number of aryl methyl sites for hydroxylation is 2. The van der Waals surface area contributed by atoms with Gasteiger partial charge < -0.3 is 20.2 Å². The number of aliphatic carboxylic acids is 2. The molecule has 3 aromatic heterocycles. The Hall–Kier alpha value is -4.98. The van der Waals surface area contributed by atoms with Gasteiger partial charge in [-0.2, -0.15) is 0 Å². The third-order valence-electron chi connectivity index (χ3n) is 8.03. The van der Waals surface area contributed by atoms with E-state index in [4.69, 9.17) is 19.9 Å². The summed E-state index contributed by atoms with van der Waals surface area (Å²) in [4.78, 5) is 42.8. The first kappa shape index (κ1) is 32.9. The smallest absolute Gasteiger partial charge is 0.657 e. The van der Waals surface area contributed by atoms with Crippen LogP contribution in [0.5, 0.6) is 0 Å². The predicted molar refractivity (Wildman–Crippen MR) is 176 cm³/mol. The topological polar surface area (TPSA) is 129 Å². The first-order valence-electron chi connectivity index (χ1n) is 14.2. The Kier molecular flexibility index (Phi) is 9.76. The molecule has 228 valence electrons. The molecule has 0 spiro atoms. The van der Waals surface area contributed by atoms with Gasteiger partial charge in [0.2, 0.25) is 0 Å². The van der Waals surface area contributed by atoms with Gasteiger partial charge in [-0.05, 0) is 55.0 Å². The van der Waals surface area contributed by atoms with Crippen LogP contribution in [0.1, 0.15) is 71.2 Å². The Morgan fingerprint density at radius 2 is 1.16 bits per heavy atom. The average Bonchev–Trinajstić information content (AvgIpc) is 3.67. The summed E-state index contributed by atoms with van der Waals surface area (Å²) < 4.78 is 0. The quantitative estimate of drug-likeness (QED) is 0.222. The van der Waals surface area contributed by atoms with Crippen molar-refractivity contribution in [2.45, 2.75) is 39.5 Å². The molecular formula is C36H32FeN4O4. The van der Waals surface area contributed by atoms with Crippen LogP contribution in [0.4, 0.5) is 0 Å². The molecule has 8 nitrogen and oxygen atoms in total. The third kappa shape index (κ3) is 6.18. The largest absolute Gasteiger partial charge is 2.00 e. The molecule has 0 saturated heterocycles. The number of rotatable bonds is 10. The summed E-state index contributed by atoms with van der Waals surface area (Å²) in [6.45, 7) is 19.9. The van der Waals surface area contributed by atoms with Gasteiger partial charge in [-0.15, -0.1) is 22.1 Å². The van der Waals surface area contributed by atoms with E-state index < -0.39 is 11.9 Å². The predicted octanol–water partition coefficient (Wildman–Crippen LogP) is 7.26. The van der Waals surface area contributed by atoms with E-state index in [0.717, 1.165) is 44.5 Å². The van der Waals surface area contributed by atoms with Crippen LogP contribution in [-0.4, -0.2) is 32.1 Å². The maximum Gasteiger partial charge on any atom is 2.00 e. The van der Waals surface area contributed by atoms with E-state index in [9.17, 15) is 19.8 Å². The zero-order valence-corrected chi connectivity index (χ0v) is 26.2. The molecule has 5 heterocycles. The van der Waals surface area contributed by atoms with Gasteiger partial charge in [-0.25, -0.2) is 9.97 Å². The van der Waals surface area contributed by atoms with Crippen LogP contribution in [0.2, 0.25) is 0 Å². The minimum atomic E-state index is -0.914. The number of fused-ring (bicyclic) bond motifs is 8. The molecule has 45 heavy (non-hydrogen) atoms. The maximum absolute atomic E-state index is 11.6. The summed E-state index contributed by atoms with van der Waals surface area (Å²) in [6.07, 6.45) is 7.32. The van der Waals surface area contributed by atoms with Gasteiger partial charge in [0, 0.05) is 24.0 Å². The fourth-order valence-electron chi connectivity index (χ4n) is 5.74. The second-order valence-electron chi connectivity index (χ2n) is 10.6. The number of hydrogen-bond acceptors (Lipinski definition) is 4. The average molecular weight is 641 g/mol. The van der Waals surface area contributed by atoms with Crippen LogP contribution in [0, 0.1) is 6.92 Å². The monoisotopic (exact) mass is 640 g/mol. The zero-order valence-electron chi connectivity index (χ0n) is 25.1. The van der Waals surface area contributed by atoms with E-state index in [0.29, 0.717) is 44.8 Å². The van der Waals surface area contributed by atoms with Crippen molar-refractivity contribution in [3.63, 3.8) is 0 Å². The molecule has 5 rings (SSSR count). The second-order valence-corrected chi connectivity index (χ2v) is 10.6. The molecule has 0 aromatic carbocycles. The molecule has 0 saturated carbocycles. The first-order valence-corrected chi connectivity index (χ1v) is 14.2. The molecule has 0 atom stereocenters. The number of allylic oxidation sites excluding steroid dienone is 6.